The number of allylic oxidation sites excluding steroid dienone is 4. The van der Waals surface area contributed by atoms with Gasteiger partial charge in [0.05, 0.1) is 13.2 Å². The largest absolute Gasteiger partial charge is 0.352 e. The third-order valence-corrected chi connectivity index (χ3v) is 4.71. The normalized spacial score (nSPS) is 14.0. The van der Waals surface area contributed by atoms with Gasteiger partial charge in [0, 0.05) is 24.7 Å². The van der Waals surface area contributed by atoms with Gasteiger partial charge in [-0.2, -0.15) is 0 Å². The van der Waals surface area contributed by atoms with Crippen molar-refractivity contribution in [1.29, 1.82) is 0 Å². The van der Waals surface area contributed by atoms with Gasteiger partial charge < -0.3 is 14.3 Å². The van der Waals surface area contributed by atoms with Crippen LogP contribution in [-0.4, -0.2) is 25.3 Å². The summed E-state index contributed by atoms with van der Waals surface area (Å²) in [5, 5.41) is 0. The molecule has 160 valence electrons. The molecule has 0 aliphatic rings. The third-order valence-electron chi connectivity index (χ3n) is 4.71. The average molecular weight is 391 g/mol. The van der Waals surface area contributed by atoms with Gasteiger partial charge in [-0.15, -0.1) is 0 Å². The number of Topliss-reactive ketones (excluding diaryl/α,β-unsaturated/α-hetero) is 1. The molecule has 3 heteroatoms. The molecule has 0 amide bonds. The van der Waals surface area contributed by atoms with E-state index in [1.54, 1.807) is 6.92 Å². The van der Waals surface area contributed by atoms with Gasteiger partial charge in [-0.05, 0) is 61.3 Å². The number of ether oxygens (including phenoxy) is 2. The molecule has 0 aromatic rings. The zero-order valence-corrected chi connectivity index (χ0v) is 19.3. The Labute approximate surface area is 173 Å². The lowest BCUT2D eigenvalue weighted by Gasteiger charge is -2.25. The summed E-state index contributed by atoms with van der Waals surface area (Å²) < 4.78 is 12.2. The molecular formula is C25H42O3. The van der Waals surface area contributed by atoms with Gasteiger partial charge in [0.2, 0.25) is 0 Å². The molecule has 3 nitrogen and oxygen atoms in total. The van der Waals surface area contributed by atoms with Gasteiger partial charge in [-0.25, -0.2) is 0 Å². The van der Waals surface area contributed by atoms with E-state index < -0.39 is 0 Å². The number of carbonyl (C=O) groups excluding carboxylic acids is 1. The minimum atomic E-state index is -0.383. The lowest BCUT2D eigenvalue weighted by molar-refractivity contribution is -0.158. The summed E-state index contributed by atoms with van der Waals surface area (Å²) in [6, 6.07) is 0. The highest BCUT2D eigenvalue weighted by atomic mass is 16.7. The van der Waals surface area contributed by atoms with Crippen molar-refractivity contribution in [2.45, 2.75) is 80.4 Å². The molecule has 0 saturated carbocycles. The second-order valence-electron chi connectivity index (χ2n) is 8.46. The Kier molecular flexibility index (Phi) is 13.8. The maximum absolute atomic E-state index is 11.4. The van der Waals surface area contributed by atoms with E-state index in [4.69, 9.17) is 9.47 Å². The Bertz CT molecular complexity index is 518. The molecule has 0 fully saturated rings. The van der Waals surface area contributed by atoms with Gasteiger partial charge in [0.25, 0.3) is 0 Å². The molecule has 2 unspecified atom stereocenters. The molecule has 0 radical (unpaired) electrons. The van der Waals surface area contributed by atoms with Gasteiger partial charge in [0.1, 0.15) is 5.78 Å². The van der Waals surface area contributed by atoms with Crippen molar-refractivity contribution in [3.63, 3.8) is 0 Å². The second-order valence-corrected chi connectivity index (χ2v) is 8.46. The van der Waals surface area contributed by atoms with Crippen molar-refractivity contribution < 1.29 is 14.3 Å². The molecule has 0 aromatic heterocycles. The molecule has 0 aliphatic heterocycles. The highest BCUT2D eigenvalue weighted by Gasteiger charge is 2.18. The zero-order chi connectivity index (χ0) is 21.7. The van der Waals surface area contributed by atoms with Crippen LogP contribution in [0.5, 0.6) is 0 Å². The predicted molar refractivity (Wildman–Crippen MR) is 120 cm³/mol. The fourth-order valence-corrected chi connectivity index (χ4v) is 2.56. The topological polar surface area (TPSA) is 35.5 Å². The van der Waals surface area contributed by atoms with Gasteiger partial charge >= 0.3 is 0 Å². The Morgan fingerprint density at radius 3 is 1.46 bits per heavy atom. The predicted octanol–water partition coefficient (Wildman–Crippen LogP) is 6.81. The highest BCUT2D eigenvalue weighted by molar-refractivity contribution is 5.75. The van der Waals surface area contributed by atoms with E-state index in [1.165, 1.54) is 11.1 Å². The standard InChI is InChI=1S/C25H42O3/c1-18(2)10-13-23(20(5)6)16-27-25(15-12-22(9)26)28-17-24(21(7)8)14-11-19(3)4/h10-11,23-25H,5,7,12-17H2,1-4,6,8-9H3. The second kappa shape index (κ2) is 14.5. The van der Waals surface area contributed by atoms with E-state index in [-0.39, 0.29) is 23.9 Å². The van der Waals surface area contributed by atoms with Crippen LogP contribution >= 0.6 is 0 Å². The van der Waals surface area contributed by atoms with Crippen molar-refractivity contribution in [3.8, 4) is 0 Å². The van der Waals surface area contributed by atoms with Crippen LogP contribution in [0, 0.1) is 11.8 Å². The van der Waals surface area contributed by atoms with Gasteiger partial charge in [0.15, 0.2) is 6.29 Å². The van der Waals surface area contributed by atoms with Crippen molar-refractivity contribution in [2.24, 2.45) is 11.8 Å². The van der Waals surface area contributed by atoms with Crippen LogP contribution in [0.15, 0.2) is 47.6 Å². The van der Waals surface area contributed by atoms with E-state index in [1.807, 2.05) is 13.8 Å². The first-order valence-corrected chi connectivity index (χ1v) is 10.3. The zero-order valence-electron chi connectivity index (χ0n) is 19.3. The number of carbonyl (C=O) groups is 1. The van der Waals surface area contributed by atoms with Crippen molar-refractivity contribution in [2.75, 3.05) is 13.2 Å². The van der Waals surface area contributed by atoms with Crippen LogP contribution in [0.25, 0.3) is 0 Å². The monoisotopic (exact) mass is 390 g/mol. The van der Waals surface area contributed by atoms with Gasteiger partial charge in [-0.3, -0.25) is 0 Å². The minimum Gasteiger partial charge on any atom is -0.352 e. The maximum Gasteiger partial charge on any atom is 0.158 e. The number of rotatable bonds is 15. The van der Waals surface area contributed by atoms with E-state index in [9.17, 15) is 4.79 Å². The fraction of sp³-hybridized carbons (Fsp3) is 0.640. The van der Waals surface area contributed by atoms with E-state index in [0.717, 1.165) is 24.0 Å². The summed E-state index contributed by atoms with van der Waals surface area (Å²) in [7, 11) is 0. The number of hydrogen-bond acceptors (Lipinski definition) is 3. The lowest BCUT2D eigenvalue weighted by Crippen LogP contribution is -2.25. The maximum atomic E-state index is 11.4. The Morgan fingerprint density at radius 1 is 0.786 bits per heavy atom. The Morgan fingerprint density at radius 2 is 1.18 bits per heavy atom. The SMILES string of the molecule is C=C(C)C(CC=C(C)C)COC(CCC(C)=O)OCC(CC=C(C)C)C(=C)C. The molecule has 0 aliphatic carbocycles. The Balaban J connectivity index is 4.92. The summed E-state index contributed by atoms with van der Waals surface area (Å²) in [6.07, 6.45) is 6.90. The first-order chi connectivity index (χ1) is 13.0. The van der Waals surface area contributed by atoms with Crippen LogP contribution in [0.4, 0.5) is 0 Å². The first kappa shape index (κ1) is 26.6. The molecular weight excluding hydrogens is 348 g/mol. The average Bonchev–Trinajstić information content (AvgIpc) is 2.57. The quantitative estimate of drug-likeness (QED) is 0.227. The van der Waals surface area contributed by atoms with E-state index >= 15 is 0 Å². The molecule has 0 rings (SSSR count). The third kappa shape index (κ3) is 13.7. The number of ketones is 1. The summed E-state index contributed by atoms with van der Waals surface area (Å²) >= 11 is 0. The molecule has 0 bridgehead atoms. The summed E-state index contributed by atoms with van der Waals surface area (Å²) in [4.78, 5) is 11.4. The summed E-state index contributed by atoms with van der Waals surface area (Å²) in [5.74, 6) is 0.654. The van der Waals surface area contributed by atoms with Crippen LogP contribution in [0.2, 0.25) is 0 Å². The van der Waals surface area contributed by atoms with Crippen LogP contribution in [-0.2, 0) is 14.3 Å². The molecule has 0 N–H and O–H groups in total. The molecule has 0 heterocycles. The molecule has 28 heavy (non-hydrogen) atoms. The molecule has 0 saturated heterocycles. The lowest BCUT2D eigenvalue weighted by atomic mass is 9.98. The smallest absolute Gasteiger partial charge is 0.158 e. The van der Waals surface area contributed by atoms with Gasteiger partial charge in [-0.1, -0.05) is 47.6 Å². The fourth-order valence-electron chi connectivity index (χ4n) is 2.56. The van der Waals surface area contributed by atoms with Crippen molar-refractivity contribution in [1.82, 2.24) is 0 Å². The van der Waals surface area contributed by atoms with Crippen LogP contribution in [0.1, 0.15) is 74.1 Å². The van der Waals surface area contributed by atoms with Crippen molar-refractivity contribution in [3.05, 3.63) is 47.6 Å². The summed E-state index contributed by atoms with van der Waals surface area (Å²) in [6.45, 7) is 23.4. The minimum absolute atomic E-state index is 0.152. The van der Waals surface area contributed by atoms with Crippen LogP contribution in [0.3, 0.4) is 0 Å². The Hall–Kier alpha value is -1.45. The number of hydrogen-bond donors (Lipinski definition) is 0. The van der Waals surface area contributed by atoms with Crippen LogP contribution < -0.4 is 0 Å². The first-order valence-electron chi connectivity index (χ1n) is 10.3. The van der Waals surface area contributed by atoms with Crippen molar-refractivity contribution >= 4 is 5.78 Å². The molecule has 2 atom stereocenters. The molecule has 0 spiro atoms. The van der Waals surface area contributed by atoms with E-state index in [0.29, 0.717) is 26.1 Å². The summed E-state index contributed by atoms with van der Waals surface area (Å²) in [5.41, 5.74) is 4.79. The highest BCUT2D eigenvalue weighted by Crippen LogP contribution is 2.20. The molecule has 0 aromatic carbocycles. The van der Waals surface area contributed by atoms with E-state index in [2.05, 4.69) is 53.0 Å².